The third kappa shape index (κ3) is 2.31. The molecule has 148 valence electrons. The molecule has 5 aliphatic rings. The van der Waals surface area contributed by atoms with Crippen LogP contribution >= 0.6 is 0 Å². The van der Waals surface area contributed by atoms with E-state index >= 15 is 0 Å². The van der Waals surface area contributed by atoms with Crippen molar-refractivity contribution in [1.82, 2.24) is 0 Å². The monoisotopic (exact) mass is 372 g/mol. The van der Waals surface area contributed by atoms with Crippen LogP contribution in [-0.2, 0) is 14.1 Å². The molecule has 4 fully saturated rings. The Hall–Kier alpha value is -0.645. The van der Waals surface area contributed by atoms with Crippen LogP contribution in [0.2, 0.25) is 6.82 Å². The van der Waals surface area contributed by atoms with Gasteiger partial charge < -0.3 is 14.4 Å². The Labute approximate surface area is 163 Å². The fourth-order valence-corrected chi connectivity index (χ4v) is 8.10. The summed E-state index contributed by atoms with van der Waals surface area (Å²) in [6.45, 7) is 7.18. The summed E-state index contributed by atoms with van der Waals surface area (Å²) in [6, 6.07) is 0. The number of fused-ring (bicyclic) bond motifs is 6. The molecule has 7 unspecified atom stereocenters. The lowest BCUT2D eigenvalue weighted by molar-refractivity contribution is -0.196. The standard InChI is InChI=1S/C22H33BO4/c1-20-9-6-15(24)12-14(20)4-5-16-17(20)7-10-21(2)18(16)8-11-22(21)19(25)13-26-23(3)27-22/h12,16-19,25H,4-11,13H2,1-3H3. The topological polar surface area (TPSA) is 55.8 Å². The molecular formula is C22H33BO4. The smallest absolute Gasteiger partial charge is 0.408 e. The zero-order chi connectivity index (χ0) is 19.0. The van der Waals surface area contributed by atoms with Gasteiger partial charge in [-0.15, -0.1) is 0 Å². The van der Waals surface area contributed by atoms with Gasteiger partial charge in [-0.25, -0.2) is 0 Å². The lowest BCUT2D eigenvalue weighted by Gasteiger charge is -2.61. The van der Waals surface area contributed by atoms with E-state index in [1.807, 2.05) is 12.9 Å². The van der Waals surface area contributed by atoms with Crippen molar-refractivity contribution >= 4 is 12.9 Å². The number of allylic oxidation sites excluding steroid dienone is 1. The van der Waals surface area contributed by atoms with E-state index in [0.717, 1.165) is 32.1 Å². The zero-order valence-electron chi connectivity index (χ0n) is 17.0. The van der Waals surface area contributed by atoms with Crippen molar-refractivity contribution in [2.24, 2.45) is 28.6 Å². The second kappa shape index (κ2) is 5.93. The van der Waals surface area contributed by atoms with E-state index in [-0.39, 0.29) is 17.9 Å². The Bertz CT molecular complexity index is 692. The molecule has 0 bridgehead atoms. The second-order valence-corrected chi connectivity index (χ2v) is 10.4. The van der Waals surface area contributed by atoms with Gasteiger partial charge in [-0.05, 0) is 81.0 Å². The Morgan fingerprint density at radius 3 is 2.70 bits per heavy atom. The third-order valence-corrected chi connectivity index (χ3v) is 9.55. The predicted molar refractivity (Wildman–Crippen MR) is 104 cm³/mol. The number of aliphatic hydroxyl groups excluding tert-OH is 1. The first-order chi connectivity index (χ1) is 12.8. The Kier molecular flexibility index (Phi) is 4.04. The summed E-state index contributed by atoms with van der Waals surface area (Å²) >= 11 is 0. The van der Waals surface area contributed by atoms with Crippen LogP contribution in [0.4, 0.5) is 0 Å². The minimum atomic E-state index is -0.526. The Morgan fingerprint density at radius 2 is 1.89 bits per heavy atom. The van der Waals surface area contributed by atoms with Crippen LogP contribution in [0.1, 0.15) is 65.2 Å². The van der Waals surface area contributed by atoms with Crippen molar-refractivity contribution in [2.75, 3.05) is 6.61 Å². The van der Waals surface area contributed by atoms with Crippen LogP contribution in [0.25, 0.3) is 0 Å². The van der Waals surface area contributed by atoms with Gasteiger partial charge >= 0.3 is 7.12 Å². The highest BCUT2D eigenvalue weighted by Gasteiger charge is 2.68. The molecule has 0 aromatic carbocycles. The van der Waals surface area contributed by atoms with Crippen LogP contribution in [0.15, 0.2) is 11.6 Å². The first kappa shape index (κ1) is 18.4. The van der Waals surface area contributed by atoms with Gasteiger partial charge in [0.1, 0.15) is 6.10 Å². The maximum absolute atomic E-state index is 12.0. The molecule has 0 radical (unpaired) electrons. The van der Waals surface area contributed by atoms with Gasteiger partial charge in [0.05, 0.1) is 12.2 Å². The van der Waals surface area contributed by atoms with E-state index in [1.165, 1.54) is 18.4 Å². The van der Waals surface area contributed by atoms with Crippen molar-refractivity contribution in [1.29, 1.82) is 0 Å². The molecule has 0 aromatic heterocycles. The average molecular weight is 372 g/mol. The molecule has 0 amide bonds. The van der Waals surface area contributed by atoms with Gasteiger partial charge in [-0.1, -0.05) is 19.4 Å². The molecule has 1 N–H and O–H groups in total. The fourth-order valence-electron chi connectivity index (χ4n) is 8.10. The number of aliphatic hydroxyl groups is 1. The molecule has 0 aromatic rings. The van der Waals surface area contributed by atoms with Crippen molar-refractivity contribution in [2.45, 2.75) is 83.7 Å². The molecule has 1 saturated heterocycles. The van der Waals surface area contributed by atoms with Crippen LogP contribution in [0, 0.1) is 28.6 Å². The van der Waals surface area contributed by atoms with E-state index in [4.69, 9.17) is 9.31 Å². The second-order valence-electron chi connectivity index (χ2n) is 10.4. The molecular weight excluding hydrogens is 339 g/mol. The molecule has 3 saturated carbocycles. The molecule has 7 atom stereocenters. The van der Waals surface area contributed by atoms with Crippen LogP contribution in [-0.4, -0.2) is 36.3 Å². The lowest BCUT2D eigenvalue weighted by Crippen LogP contribution is -2.64. The largest absolute Gasteiger partial charge is 0.454 e. The normalized spacial score (nSPS) is 52.2. The summed E-state index contributed by atoms with van der Waals surface area (Å²) in [5.41, 5.74) is 1.21. The van der Waals surface area contributed by atoms with E-state index in [0.29, 0.717) is 36.6 Å². The van der Waals surface area contributed by atoms with Gasteiger partial charge in [0.25, 0.3) is 0 Å². The van der Waals surface area contributed by atoms with E-state index in [2.05, 4.69) is 13.8 Å². The molecule has 1 aliphatic heterocycles. The average Bonchev–Trinajstić information content (AvgIpc) is 2.92. The zero-order valence-corrected chi connectivity index (χ0v) is 17.0. The van der Waals surface area contributed by atoms with Crippen molar-refractivity contribution in [3.8, 4) is 0 Å². The molecule has 1 heterocycles. The maximum atomic E-state index is 12.0. The highest BCUT2D eigenvalue weighted by Crippen LogP contribution is 2.69. The summed E-state index contributed by atoms with van der Waals surface area (Å²) < 4.78 is 12.0. The van der Waals surface area contributed by atoms with Crippen molar-refractivity contribution in [3.05, 3.63) is 11.6 Å². The molecule has 4 aliphatic carbocycles. The van der Waals surface area contributed by atoms with Gasteiger partial charge in [0.15, 0.2) is 5.78 Å². The van der Waals surface area contributed by atoms with Crippen molar-refractivity contribution < 1.29 is 19.2 Å². The Balaban J connectivity index is 1.49. The van der Waals surface area contributed by atoms with Crippen LogP contribution in [0.5, 0.6) is 0 Å². The first-order valence-electron chi connectivity index (χ1n) is 11.0. The molecule has 5 heteroatoms. The maximum Gasteiger partial charge on any atom is 0.454 e. The summed E-state index contributed by atoms with van der Waals surface area (Å²) in [6.07, 6.45) is 9.86. The van der Waals surface area contributed by atoms with Gasteiger partial charge in [0, 0.05) is 11.8 Å². The highest BCUT2D eigenvalue weighted by atomic mass is 16.6. The molecule has 5 rings (SSSR count). The summed E-state index contributed by atoms with van der Waals surface area (Å²) in [5, 5.41) is 10.9. The highest BCUT2D eigenvalue weighted by molar-refractivity contribution is 6.42. The first-order valence-corrected chi connectivity index (χ1v) is 11.0. The number of hydrogen-bond donors (Lipinski definition) is 1. The number of carbonyl (C=O) groups is 1. The number of rotatable bonds is 0. The van der Waals surface area contributed by atoms with Gasteiger partial charge in [-0.3, -0.25) is 4.79 Å². The Morgan fingerprint density at radius 1 is 1.11 bits per heavy atom. The van der Waals surface area contributed by atoms with Crippen molar-refractivity contribution in [3.63, 3.8) is 0 Å². The van der Waals surface area contributed by atoms with Crippen LogP contribution in [0.3, 0.4) is 0 Å². The van der Waals surface area contributed by atoms with Gasteiger partial charge in [-0.2, -0.15) is 0 Å². The summed E-state index contributed by atoms with van der Waals surface area (Å²) in [4.78, 5) is 12.0. The SMILES string of the molecule is CB1OCC(O)C2(CCC3C4CCC5=CC(=O)CCC5(C)C4CCC32C)O1. The number of ketones is 1. The minimum Gasteiger partial charge on any atom is -0.408 e. The summed E-state index contributed by atoms with van der Waals surface area (Å²) in [7, 11) is -0.232. The van der Waals surface area contributed by atoms with Gasteiger partial charge in [0.2, 0.25) is 0 Å². The molecule has 27 heavy (non-hydrogen) atoms. The van der Waals surface area contributed by atoms with E-state index in [1.54, 1.807) is 0 Å². The summed E-state index contributed by atoms with van der Waals surface area (Å²) in [5.74, 6) is 2.29. The van der Waals surface area contributed by atoms with E-state index in [9.17, 15) is 9.90 Å². The van der Waals surface area contributed by atoms with E-state index < -0.39 is 11.7 Å². The van der Waals surface area contributed by atoms with Crippen LogP contribution < -0.4 is 0 Å². The quantitative estimate of drug-likeness (QED) is 0.658. The lowest BCUT2D eigenvalue weighted by atomic mass is 9.46. The molecule has 4 nitrogen and oxygen atoms in total. The minimum absolute atomic E-state index is 0.0215. The predicted octanol–water partition coefficient (Wildman–Crippen LogP) is 3.78. The molecule has 1 spiro atoms. The number of carbonyl (C=O) groups excluding carboxylic acids is 1. The third-order valence-electron chi connectivity index (χ3n) is 9.55. The fraction of sp³-hybridized carbons (Fsp3) is 0.864. The number of hydrogen-bond acceptors (Lipinski definition) is 4.